The lowest BCUT2D eigenvalue weighted by Crippen LogP contribution is -2.52. The van der Waals surface area contributed by atoms with Crippen molar-refractivity contribution < 1.29 is 0 Å². The zero-order chi connectivity index (χ0) is 23.8. The van der Waals surface area contributed by atoms with E-state index < -0.39 is 14.1 Å². The Labute approximate surface area is 204 Å². The van der Waals surface area contributed by atoms with Gasteiger partial charge >= 0.3 is 0 Å². The van der Waals surface area contributed by atoms with Crippen LogP contribution in [0.5, 0.6) is 0 Å². The first-order valence-corrected chi connectivity index (χ1v) is 16.6. The Balaban J connectivity index is 6.62. The van der Waals surface area contributed by atoms with E-state index in [0.29, 0.717) is 12.8 Å². The van der Waals surface area contributed by atoms with Crippen molar-refractivity contribution >= 4 is 14.1 Å². The van der Waals surface area contributed by atoms with Crippen LogP contribution in [-0.4, -0.2) is 14.1 Å². The summed E-state index contributed by atoms with van der Waals surface area (Å²) in [6.07, 6.45) is 26.0. The van der Waals surface area contributed by atoms with Gasteiger partial charge in [0, 0.05) is 0 Å². The van der Waals surface area contributed by atoms with E-state index >= 15 is 0 Å². The van der Waals surface area contributed by atoms with Gasteiger partial charge in [0.05, 0.1) is 0 Å². The molecule has 0 aliphatic heterocycles. The summed E-state index contributed by atoms with van der Waals surface area (Å²) in [6, 6.07) is 0. The molecule has 0 N–H and O–H groups in total. The monoisotopic (exact) mass is 450 g/mol. The highest BCUT2D eigenvalue weighted by atomic mass is 27.2. The fraction of sp³-hybridized carbons (Fsp3) is 1.00. The lowest BCUT2D eigenvalue weighted by Gasteiger charge is -2.57. The largest absolute Gasteiger partial charge is 0.283 e. The van der Waals surface area contributed by atoms with Gasteiger partial charge in [-0.25, -0.2) is 0 Å². The quantitative estimate of drug-likeness (QED) is 0.120. The molecule has 0 heterocycles. The smallest absolute Gasteiger partial charge is 0.0703 e. The third kappa shape index (κ3) is 8.36. The van der Waals surface area contributed by atoms with Crippen LogP contribution in [0.3, 0.4) is 0 Å². The molecule has 0 amide bonds. The predicted molar refractivity (Wildman–Crippen MR) is 148 cm³/mol. The molecule has 0 fully saturated rings. The van der Waals surface area contributed by atoms with Gasteiger partial charge in [-0.05, 0) is 0 Å². The van der Waals surface area contributed by atoms with Gasteiger partial charge in [0.25, 0.3) is 14.1 Å². The summed E-state index contributed by atoms with van der Waals surface area (Å²) in [5.74, 6) is 0. The molecule has 0 bridgehead atoms. The van der Waals surface area contributed by atoms with Gasteiger partial charge < -0.3 is 0 Å². The van der Waals surface area contributed by atoms with Crippen LogP contribution in [0.2, 0.25) is 12.8 Å². The molecule has 0 aromatic carbocycles. The van der Waals surface area contributed by atoms with Crippen LogP contribution in [0.4, 0.5) is 0 Å². The second-order valence-electron chi connectivity index (χ2n) is 11.0. The predicted octanol–water partition coefficient (Wildman–Crippen LogP) is 11.9. The first kappa shape index (κ1) is 31.5. The van der Waals surface area contributed by atoms with Crippen LogP contribution in [0, 0.1) is 0 Å². The van der Waals surface area contributed by atoms with E-state index in [0.717, 1.165) is 0 Å². The molecule has 0 rings (SSSR count). The lowest BCUT2D eigenvalue weighted by atomic mass is 9.90. The summed E-state index contributed by atoms with van der Waals surface area (Å²) in [5.41, 5.74) is 0. The number of unbranched alkanes of at least 4 members (excludes halogenated alkanes) is 6. The molecule has 31 heavy (non-hydrogen) atoms. The maximum absolute atomic E-state index is 2.58. The Bertz CT molecular complexity index is 339. The van der Waals surface area contributed by atoms with Crippen LogP contribution in [0.25, 0.3) is 0 Å². The maximum atomic E-state index is 2.58. The van der Waals surface area contributed by atoms with Crippen LogP contribution < -0.4 is 0 Å². The molecule has 0 spiro atoms. The van der Waals surface area contributed by atoms with Gasteiger partial charge in [-0.3, -0.25) is 0 Å². The summed E-state index contributed by atoms with van der Waals surface area (Å²) < 4.78 is 1.98. The molecule has 0 atom stereocenters. The Morgan fingerprint density at radius 2 is 0.581 bits per heavy atom. The highest BCUT2D eigenvalue weighted by molar-refractivity contribution is 6.69. The second kappa shape index (κ2) is 17.0. The van der Waals surface area contributed by atoms with Crippen molar-refractivity contribution in [1.82, 2.24) is 0 Å². The van der Waals surface area contributed by atoms with E-state index in [1.54, 1.807) is 0 Å². The van der Waals surface area contributed by atoms with Crippen molar-refractivity contribution in [2.75, 3.05) is 0 Å². The zero-order valence-corrected chi connectivity index (χ0v) is 25.0. The number of hydrogen-bond donors (Lipinski definition) is 0. The average Bonchev–Trinajstić information content (AvgIpc) is 2.81. The second-order valence-corrected chi connectivity index (χ2v) is 15.6. The summed E-state index contributed by atoms with van der Waals surface area (Å²) in [5, 5.41) is 0. The number of rotatable bonds is 21. The Kier molecular flexibility index (Phi) is 17.3. The molecule has 0 aromatic rings. The Morgan fingerprint density at radius 1 is 0.355 bits per heavy atom. The van der Waals surface area contributed by atoms with Crippen molar-refractivity contribution in [1.29, 1.82) is 0 Å². The minimum atomic E-state index is -1.11. The third-order valence-electron chi connectivity index (χ3n) is 9.90. The van der Waals surface area contributed by atoms with E-state index in [4.69, 9.17) is 0 Å². The minimum absolute atomic E-state index is 0.658. The third-order valence-corrected chi connectivity index (χ3v) is 16.9. The fourth-order valence-corrected chi connectivity index (χ4v) is 15.4. The normalized spacial score (nSPS) is 13.1. The SMILES string of the molecule is CCCCC[C](CC)(CC)[Al]([C](CC)(CC)CCCCC)[C](CC)(CC)CCCCC. The first-order chi connectivity index (χ1) is 14.9. The van der Waals surface area contributed by atoms with Crippen LogP contribution in [0.1, 0.15) is 178 Å². The van der Waals surface area contributed by atoms with Gasteiger partial charge in [0.1, 0.15) is 0 Å². The van der Waals surface area contributed by atoms with E-state index in [2.05, 4.69) is 62.3 Å². The molecule has 0 aliphatic carbocycles. The van der Waals surface area contributed by atoms with Crippen LogP contribution in [-0.2, 0) is 0 Å². The van der Waals surface area contributed by atoms with Gasteiger partial charge in [0.2, 0.25) is 0 Å². The summed E-state index contributed by atoms with van der Waals surface area (Å²) >= 11 is -1.11. The molecular formula is C30H63Al. The number of hydrogen-bond acceptors (Lipinski definition) is 0. The van der Waals surface area contributed by atoms with Crippen molar-refractivity contribution in [3.05, 3.63) is 0 Å². The molecule has 0 radical (unpaired) electrons. The van der Waals surface area contributed by atoms with Crippen LogP contribution >= 0.6 is 0 Å². The minimum Gasteiger partial charge on any atom is -0.0703 e. The molecule has 1 heteroatoms. The molecular weight excluding hydrogens is 387 g/mol. The van der Waals surface area contributed by atoms with Gasteiger partial charge in [-0.2, -0.15) is 0 Å². The molecule has 0 saturated carbocycles. The van der Waals surface area contributed by atoms with E-state index in [1.165, 1.54) is 116 Å². The maximum Gasteiger partial charge on any atom is 0.283 e. The van der Waals surface area contributed by atoms with Gasteiger partial charge in [-0.15, -0.1) is 0 Å². The summed E-state index contributed by atoms with van der Waals surface area (Å²) in [6.45, 7) is 22.6. The highest BCUT2D eigenvalue weighted by Crippen LogP contribution is 2.67. The van der Waals surface area contributed by atoms with E-state index in [1.807, 2.05) is 0 Å². The average molecular weight is 451 g/mol. The lowest BCUT2D eigenvalue weighted by molar-refractivity contribution is 0.326. The molecule has 0 saturated heterocycles. The van der Waals surface area contributed by atoms with Gasteiger partial charge in [0.15, 0.2) is 0 Å². The fourth-order valence-electron chi connectivity index (χ4n) is 7.60. The molecule has 0 nitrogen and oxygen atoms in total. The van der Waals surface area contributed by atoms with Crippen molar-refractivity contribution in [3.63, 3.8) is 0 Å². The molecule has 0 aromatic heterocycles. The van der Waals surface area contributed by atoms with Crippen molar-refractivity contribution in [2.24, 2.45) is 0 Å². The van der Waals surface area contributed by atoms with Crippen LogP contribution in [0.15, 0.2) is 0 Å². The molecule has 0 unspecified atom stereocenters. The first-order valence-electron chi connectivity index (χ1n) is 14.9. The summed E-state index contributed by atoms with van der Waals surface area (Å²) in [4.78, 5) is 0. The zero-order valence-electron chi connectivity index (χ0n) is 23.8. The van der Waals surface area contributed by atoms with Crippen molar-refractivity contribution in [3.8, 4) is 0 Å². The molecule has 0 aliphatic rings. The highest BCUT2D eigenvalue weighted by Gasteiger charge is 2.59. The van der Waals surface area contributed by atoms with Gasteiger partial charge in [-0.1, -0.05) is 191 Å². The van der Waals surface area contributed by atoms with Crippen molar-refractivity contribution in [2.45, 2.75) is 191 Å². The Hall–Kier alpha value is 0.532. The summed E-state index contributed by atoms with van der Waals surface area (Å²) in [7, 11) is 0. The van der Waals surface area contributed by atoms with E-state index in [-0.39, 0.29) is 0 Å². The molecule has 186 valence electrons. The topological polar surface area (TPSA) is 0 Å². The Morgan fingerprint density at radius 3 is 0.742 bits per heavy atom. The standard InChI is InChI=1S/3C10H21.Al/c3*1-4-7-8-9-10(5-2)6-3;/h3*4-9H2,1-3H3;. The van der Waals surface area contributed by atoms with E-state index in [9.17, 15) is 0 Å².